The van der Waals surface area contributed by atoms with Crippen molar-refractivity contribution in [2.24, 2.45) is 35.5 Å². The molecule has 0 saturated heterocycles. The van der Waals surface area contributed by atoms with E-state index in [0.717, 1.165) is 292 Å². The number of carbonyl (C=O) groups excluding carboxylic acids is 6. The van der Waals surface area contributed by atoms with Crippen LogP contribution in [-0.4, -0.2) is 171 Å². The molecule has 6 fully saturated rings. The fraction of sp³-hybridized carbons (Fsp3) is 0.728. The highest BCUT2D eigenvalue weighted by atomic mass is 19.3. The Bertz CT molecular complexity index is 3350. The zero-order valence-corrected chi connectivity index (χ0v) is 80.3. The Morgan fingerprint density at radius 1 is 0.455 bits per heavy atom. The van der Waals surface area contributed by atoms with Crippen molar-refractivity contribution in [3.05, 3.63) is 128 Å². The molecule has 0 radical (unpaired) electrons. The van der Waals surface area contributed by atoms with Gasteiger partial charge in [-0.05, 0) is 277 Å². The number of aryl methyl sites for hydroxylation is 2. The summed E-state index contributed by atoms with van der Waals surface area (Å²) in [5, 5.41) is 8.59. The third-order valence-electron chi connectivity index (χ3n) is 25.4. The van der Waals surface area contributed by atoms with Crippen molar-refractivity contribution in [1.82, 2.24) is 0 Å². The molecule has 132 heavy (non-hydrogen) atoms. The predicted molar refractivity (Wildman–Crippen MR) is 506 cm³/mol. The largest absolute Gasteiger partial charge is 0.463 e. The number of allylic oxidation sites excluding steroid dienone is 1. The monoisotopic (exact) mass is 1890 g/mol. The van der Waals surface area contributed by atoms with E-state index in [2.05, 4.69) is 60.6 Å². The van der Waals surface area contributed by atoms with Gasteiger partial charge in [-0.1, -0.05) is 156 Å². The van der Waals surface area contributed by atoms with Gasteiger partial charge in [-0.25, -0.2) is 28.0 Å². The molecule has 6 saturated carbocycles. The van der Waals surface area contributed by atoms with Gasteiger partial charge < -0.3 is 94.1 Å². The molecule has 25 nitrogen and oxygen atoms in total. The normalized spacial score (nSPS) is 22.2. The van der Waals surface area contributed by atoms with Gasteiger partial charge in [0.25, 0.3) is 0 Å². The van der Waals surface area contributed by atoms with Crippen LogP contribution >= 0.6 is 0 Å². The maximum atomic E-state index is 14.7. The summed E-state index contributed by atoms with van der Waals surface area (Å²) in [7, 11) is 0. The Balaban J connectivity index is 0. The van der Waals surface area contributed by atoms with Crippen LogP contribution in [0.3, 0.4) is 0 Å². The van der Waals surface area contributed by atoms with E-state index < -0.39 is 47.5 Å². The molecular formula is C103H172F4O25. The lowest BCUT2D eigenvalue weighted by molar-refractivity contribution is -0.197. The van der Waals surface area contributed by atoms with Gasteiger partial charge in [-0.2, -0.15) is 8.78 Å². The second-order valence-electron chi connectivity index (χ2n) is 35.4. The van der Waals surface area contributed by atoms with Gasteiger partial charge in [-0.3, -0.25) is 9.59 Å². The van der Waals surface area contributed by atoms with Crippen molar-refractivity contribution in [3.8, 4) is 5.75 Å². The lowest BCUT2D eigenvalue weighted by atomic mass is 9.70. The minimum atomic E-state index is -4.20. The van der Waals surface area contributed by atoms with Crippen molar-refractivity contribution >= 4 is 35.8 Å². The predicted octanol–water partition coefficient (Wildman–Crippen LogP) is 20.2. The minimum absolute atomic E-state index is 0. The van der Waals surface area contributed by atoms with Gasteiger partial charge in [-0.15, -0.1) is 6.58 Å². The lowest BCUT2D eigenvalue weighted by Crippen LogP contribution is -2.37. The summed E-state index contributed by atoms with van der Waals surface area (Å²) in [5.41, 5.74) is -0.244. The van der Waals surface area contributed by atoms with E-state index in [1.807, 2.05) is 6.08 Å². The van der Waals surface area contributed by atoms with Crippen LogP contribution in [0.15, 0.2) is 99.7 Å². The van der Waals surface area contributed by atoms with Crippen LogP contribution in [0.5, 0.6) is 5.75 Å². The van der Waals surface area contributed by atoms with Gasteiger partial charge in [0, 0.05) is 52.0 Å². The highest BCUT2D eigenvalue weighted by molar-refractivity contribution is 5.82. The lowest BCUT2D eigenvalue weighted by Gasteiger charge is -2.38. The van der Waals surface area contributed by atoms with Crippen LogP contribution in [0.4, 0.5) is 17.6 Å². The van der Waals surface area contributed by atoms with Crippen LogP contribution < -0.4 is 4.74 Å². The summed E-state index contributed by atoms with van der Waals surface area (Å²) in [6.07, 6.45) is 49.3. The standard InChI is InChI=1S/C39H64O10.C31H36F4O5.C29H52O5.C4H8.5H2O.H2/c1-5-8-11-14-38(49-37(41)7-3)47-33-21-19-32(20-22-33)45-28-46-35-24-23-34(27-29(35)4)48-39(42)30-15-17-31(18-16-30)43-25-12-9-10-13-26-44-36(40)6-2;1-3-28(36)38-19-11-7-5-9-13-23-15-17-25(18-16-23)40-31(34,35)30-26(32)21-24(22-27(30)33)14-10-6-8-12-20-39-29(37)4-2;1-2-7-23-8-10-24(11-9-23)25-12-18-28(19-13-25)34-29(31)26-14-16-27(17-15-26)33-21-6-4-3-5-20-32-22-30;1-3-4-2;;;;;;/h6-7,29-35,38H,2-3,5,8-28H2,1,4H3;3-4,15-18,21-22H,1-2,5-14,19-20H2;23-28,30H,2-22H2,1H3;3H,1,4H2,2H3;5*1H2;1H. The van der Waals surface area contributed by atoms with Gasteiger partial charge in [0.05, 0.1) is 62.2 Å². The molecule has 11 N–H and O–H groups in total. The van der Waals surface area contributed by atoms with Gasteiger partial charge in [0.2, 0.25) is 6.29 Å². The van der Waals surface area contributed by atoms with Crippen molar-refractivity contribution in [1.29, 1.82) is 0 Å². The average molecular weight is 1890 g/mol. The first-order valence-corrected chi connectivity index (χ1v) is 48.7. The number of halogens is 4. The van der Waals surface area contributed by atoms with E-state index >= 15 is 0 Å². The summed E-state index contributed by atoms with van der Waals surface area (Å²) in [4.78, 5) is 70.5. The van der Waals surface area contributed by atoms with Crippen LogP contribution in [0.1, 0.15) is 341 Å². The van der Waals surface area contributed by atoms with Crippen LogP contribution in [0, 0.1) is 47.1 Å². The number of esters is 6. The number of carbonyl (C=O) groups is 6. The molecule has 0 aromatic heterocycles. The fourth-order valence-electron chi connectivity index (χ4n) is 17.8. The molecule has 6 aliphatic rings. The first kappa shape index (κ1) is 125. The first-order chi connectivity index (χ1) is 61.6. The molecule has 0 bridgehead atoms. The first-order valence-electron chi connectivity index (χ1n) is 48.7. The molecule has 4 unspecified atom stereocenters. The molecule has 8 rings (SSSR count). The maximum absolute atomic E-state index is 14.7. The SMILES string of the molecule is C=CC(=O)OCCCCCCOC1CCC(C(=O)OC2CCC(OCOC3CCC(OC(CCCCC)OC(=O)C=C)CC3)C(C)C2)CC1.C=CC(=O)OCCCCCCc1ccc(OC(F)(F)c2c(F)cc(CCCCCCOC(=O)C=C)cc2F)cc1.C=CCC.CCCC1CCC(C2CCC(OC(=O)C3CCC(OCCCCCCOCO)CC3)CC2)CC1.O.O.O.O.O.[HH]. The number of alkyl halides is 2. The number of ether oxygens (including phenoxy) is 13. The van der Waals surface area contributed by atoms with Crippen LogP contribution in [0.25, 0.3) is 0 Å². The van der Waals surface area contributed by atoms with Gasteiger partial charge >= 0.3 is 41.9 Å². The summed E-state index contributed by atoms with van der Waals surface area (Å²) < 4.78 is 131. The van der Waals surface area contributed by atoms with E-state index in [1.165, 1.54) is 75.7 Å². The molecule has 0 amide bonds. The quantitative estimate of drug-likeness (QED) is 0.0122. The molecule has 762 valence electrons. The fourth-order valence-corrected chi connectivity index (χ4v) is 17.8. The molecular weight excluding hydrogens is 1710 g/mol. The second kappa shape index (κ2) is 76.1. The van der Waals surface area contributed by atoms with E-state index in [-0.39, 0.29) is 133 Å². The smallest absolute Gasteiger partial charge is 0.432 e. The Morgan fingerprint density at radius 2 is 0.864 bits per heavy atom. The van der Waals surface area contributed by atoms with Crippen LogP contribution in [0.2, 0.25) is 0 Å². The Hall–Kier alpha value is -7.00. The summed E-state index contributed by atoms with van der Waals surface area (Å²) in [6.45, 7) is 29.0. The third-order valence-corrected chi connectivity index (χ3v) is 25.4. The number of benzene rings is 2. The van der Waals surface area contributed by atoms with Gasteiger partial charge in [0.15, 0.2) is 0 Å². The van der Waals surface area contributed by atoms with E-state index in [9.17, 15) is 46.3 Å². The summed E-state index contributed by atoms with van der Waals surface area (Å²) in [6, 6.07) is 7.79. The van der Waals surface area contributed by atoms with Crippen molar-refractivity contribution in [2.75, 3.05) is 53.2 Å². The zero-order chi connectivity index (χ0) is 92.1. The van der Waals surface area contributed by atoms with Crippen LogP contribution in [-0.2, 0) is 105 Å². The second-order valence-corrected chi connectivity index (χ2v) is 35.4. The van der Waals surface area contributed by atoms with Crippen molar-refractivity contribution in [3.63, 3.8) is 0 Å². The molecule has 6 aliphatic carbocycles. The van der Waals surface area contributed by atoms with E-state index in [0.29, 0.717) is 51.6 Å². The Kier molecular flexibility index (Phi) is 72.1. The zero-order valence-electron chi connectivity index (χ0n) is 80.3. The topological polar surface area (TPSA) is 400 Å². The average Bonchev–Trinajstić information content (AvgIpc) is 0.790. The summed E-state index contributed by atoms with van der Waals surface area (Å²) >= 11 is 0. The third kappa shape index (κ3) is 53.5. The molecule has 2 aromatic carbocycles. The van der Waals surface area contributed by atoms with Crippen molar-refractivity contribution < 1.29 is 142 Å². The van der Waals surface area contributed by atoms with E-state index in [1.54, 1.807) is 12.1 Å². The molecule has 4 atom stereocenters. The molecule has 0 heterocycles. The van der Waals surface area contributed by atoms with E-state index in [4.69, 9.17) is 66.7 Å². The van der Waals surface area contributed by atoms with Gasteiger partial charge in [0.1, 0.15) is 48.7 Å². The Morgan fingerprint density at radius 3 is 1.31 bits per heavy atom. The number of hydrogen-bond acceptors (Lipinski definition) is 20. The highest BCUT2D eigenvalue weighted by Crippen LogP contribution is 2.43. The molecule has 0 spiro atoms. The minimum Gasteiger partial charge on any atom is -0.463 e. The number of rotatable bonds is 57. The molecule has 2 aromatic rings. The number of unbranched alkanes of at least 4 members (excludes halogenated alkanes) is 14. The number of aliphatic hydroxyl groups is 1. The number of hydrogen-bond donors (Lipinski definition) is 1. The Labute approximate surface area is 787 Å². The molecule has 0 aliphatic heterocycles. The highest BCUT2D eigenvalue weighted by Gasteiger charge is 2.42. The maximum Gasteiger partial charge on any atom is 0.432 e. The number of aliphatic hydroxyl groups excluding tert-OH is 1. The summed E-state index contributed by atoms with van der Waals surface area (Å²) in [5.74, 6) is -1.56. The molecule has 29 heteroatoms. The van der Waals surface area contributed by atoms with Crippen molar-refractivity contribution in [2.45, 2.75) is 391 Å².